The van der Waals surface area contributed by atoms with Gasteiger partial charge in [0.15, 0.2) is 0 Å². The maximum Gasteiger partial charge on any atom is 0.390 e. The lowest BCUT2D eigenvalue weighted by Crippen LogP contribution is -2.05. The smallest absolute Gasteiger partial charge is 0.390 e. The van der Waals surface area contributed by atoms with Crippen molar-refractivity contribution in [1.29, 1.82) is 0 Å². The summed E-state index contributed by atoms with van der Waals surface area (Å²) in [5.41, 5.74) is 0.580. The first-order valence-electron chi connectivity index (χ1n) is 7.59. The summed E-state index contributed by atoms with van der Waals surface area (Å²) in [5, 5.41) is 36.9. The highest BCUT2D eigenvalue weighted by Crippen LogP contribution is 2.12. The maximum atomic E-state index is 10.7. The van der Waals surface area contributed by atoms with E-state index in [1.165, 1.54) is 27.8 Å². The third-order valence-electron chi connectivity index (χ3n) is 3.59. The van der Waals surface area contributed by atoms with E-state index in [0.717, 1.165) is 0 Å². The number of aromatic nitrogens is 6. The van der Waals surface area contributed by atoms with Crippen molar-refractivity contribution in [2.75, 3.05) is 0 Å². The first kappa shape index (κ1) is 17.2. The fraction of sp³-hybridized carbons (Fsp3) is 0.385. The van der Waals surface area contributed by atoms with E-state index < -0.39 is 9.85 Å². The van der Waals surface area contributed by atoms with Crippen LogP contribution in [0.2, 0.25) is 0 Å². The molecule has 0 unspecified atom stereocenters. The Labute approximate surface area is 145 Å². The second-order valence-electron chi connectivity index (χ2n) is 5.43. The van der Waals surface area contributed by atoms with Gasteiger partial charge in [0.05, 0.1) is 28.3 Å². The molecule has 136 valence electrons. The molecule has 3 heterocycles. The molecule has 3 aromatic heterocycles. The summed E-state index contributed by atoms with van der Waals surface area (Å²) >= 11 is 0. The van der Waals surface area contributed by atoms with Crippen molar-refractivity contribution in [3.63, 3.8) is 0 Å². The summed E-state index contributed by atoms with van der Waals surface area (Å²) in [7, 11) is 0. The van der Waals surface area contributed by atoms with E-state index in [2.05, 4.69) is 20.4 Å². The number of nitro groups is 2. The predicted molar refractivity (Wildman–Crippen MR) is 84.2 cm³/mol. The first-order chi connectivity index (χ1) is 12.4. The highest BCUT2D eigenvalue weighted by atomic mass is 16.6. The minimum atomic E-state index is -0.548. The van der Waals surface area contributed by atoms with Gasteiger partial charge < -0.3 is 14.5 Å². The summed E-state index contributed by atoms with van der Waals surface area (Å²) in [4.78, 5) is 20.3. The molecule has 3 rings (SSSR count). The number of hydrogen-bond donors (Lipinski definition) is 0. The average molecular weight is 362 g/mol. The van der Waals surface area contributed by atoms with Gasteiger partial charge in [0.1, 0.15) is 12.4 Å². The minimum Gasteiger partial charge on any atom is -0.425 e. The lowest BCUT2D eigenvalue weighted by molar-refractivity contribution is -0.389. The van der Waals surface area contributed by atoms with Gasteiger partial charge in [-0.15, -0.1) is 10.2 Å². The van der Waals surface area contributed by atoms with Crippen LogP contribution in [0.3, 0.4) is 0 Å². The van der Waals surface area contributed by atoms with Gasteiger partial charge in [0.25, 0.3) is 0 Å². The standard InChI is InChI=1S/C13H14N8O5/c1-9-6-11(21(24)25)17-19(9)5-3-13-16-15-12(26-13)2-4-18-8-10(7-14-18)20(22)23/h6-8H,2-5H2,1H3. The Morgan fingerprint density at radius 3 is 2.38 bits per heavy atom. The molecule has 0 saturated heterocycles. The first-order valence-corrected chi connectivity index (χ1v) is 7.59. The lowest BCUT2D eigenvalue weighted by atomic mass is 10.4. The molecule has 26 heavy (non-hydrogen) atoms. The van der Waals surface area contributed by atoms with Crippen molar-refractivity contribution in [3.8, 4) is 0 Å². The molecule has 0 atom stereocenters. The summed E-state index contributed by atoms with van der Waals surface area (Å²) in [5.74, 6) is 0.548. The van der Waals surface area contributed by atoms with Gasteiger partial charge in [-0.3, -0.25) is 14.8 Å². The molecular formula is C13H14N8O5. The van der Waals surface area contributed by atoms with Crippen LogP contribution in [-0.2, 0) is 25.9 Å². The van der Waals surface area contributed by atoms with Crippen LogP contribution in [0.1, 0.15) is 17.5 Å². The zero-order valence-corrected chi connectivity index (χ0v) is 13.7. The van der Waals surface area contributed by atoms with Gasteiger partial charge in [0, 0.05) is 19.4 Å². The van der Waals surface area contributed by atoms with Crippen LogP contribution in [0.5, 0.6) is 0 Å². The second-order valence-corrected chi connectivity index (χ2v) is 5.43. The fourth-order valence-electron chi connectivity index (χ4n) is 2.28. The molecule has 3 aromatic rings. The zero-order chi connectivity index (χ0) is 18.7. The van der Waals surface area contributed by atoms with Gasteiger partial charge in [-0.05, 0) is 11.8 Å². The summed E-state index contributed by atoms with van der Waals surface area (Å²) in [6.45, 7) is 2.45. The van der Waals surface area contributed by atoms with Crippen molar-refractivity contribution in [2.24, 2.45) is 0 Å². The Kier molecular flexibility index (Phi) is 4.68. The molecule has 0 saturated carbocycles. The van der Waals surface area contributed by atoms with Gasteiger partial charge in [-0.1, -0.05) is 0 Å². The van der Waals surface area contributed by atoms with Crippen LogP contribution in [0.15, 0.2) is 22.9 Å². The topological polar surface area (TPSA) is 161 Å². The normalized spacial score (nSPS) is 11.0. The zero-order valence-electron chi connectivity index (χ0n) is 13.7. The molecule has 0 aliphatic carbocycles. The van der Waals surface area contributed by atoms with Crippen LogP contribution in [-0.4, -0.2) is 39.6 Å². The Balaban J connectivity index is 1.54. The summed E-state index contributed by atoms with van der Waals surface area (Å²) in [6.07, 6.45) is 3.24. The quantitative estimate of drug-likeness (QED) is 0.421. The summed E-state index contributed by atoms with van der Waals surface area (Å²) in [6, 6.07) is 1.39. The van der Waals surface area contributed by atoms with E-state index in [1.807, 2.05) is 0 Å². The molecular weight excluding hydrogens is 348 g/mol. The van der Waals surface area contributed by atoms with Gasteiger partial charge >= 0.3 is 11.5 Å². The minimum absolute atomic E-state index is 0.0834. The van der Waals surface area contributed by atoms with Crippen LogP contribution < -0.4 is 0 Å². The number of rotatable bonds is 8. The highest BCUT2D eigenvalue weighted by molar-refractivity contribution is 5.21. The fourth-order valence-corrected chi connectivity index (χ4v) is 2.28. The number of nitrogens with zero attached hydrogens (tertiary/aromatic N) is 8. The molecule has 0 fully saturated rings. The molecule has 0 amide bonds. The van der Waals surface area contributed by atoms with Gasteiger partial charge in [-0.25, -0.2) is 0 Å². The molecule has 0 spiro atoms. The molecule has 13 nitrogen and oxygen atoms in total. The van der Waals surface area contributed by atoms with E-state index in [-0.39, 0.29) is 11.5 Å². The highest BCUT2D eigenvalue weighted by Gasteiger charge is 2.16. The lowest BCUT2D eigenvalue weighted by Gasteiger charge is -1.97. The van der Waals surface area contributed by atoms with E-state index >= 15 is 0 Å². The largest absolute Gasteiger partial charge is 0.425 e. The van der Waals surface area contributed by atoms with Crippen molar-refractivity contribution < 1.29 is 14.3 Å². The molecule has 0 aliphatic heterocycles. The Morgan fingerprint density at radius 1 is 1.12 bits per heavy atom. The van der Waals surface area contributed by atoms with E-state index in [9.17, 15) is 20.2 Å². The maximum absolute atomic E-state index is 10.7. The van der Waals surface area contributed by atoms with Crippen LogP contribution >= 0.6 is 0 Å². The SMILES string of the molecule is Cc1cc([N+](=O)[O-])nn1CCc1nnc(CCn2cc([N+](=O)[O-])cn2)o1. The van der Waals surface area contributed by atoms with Crippen molar-refractivity contribution in [3.05, 3.63) is 56.2 Å². The third kappa shape index (κ3) is 3.88. The van der Waals surface area contributed by atoms with Crippen molar-refractivity contribution in [2.45, 2.75) is 32.9 Å². The molecule has 0 N–H and O–H groups in total. The van der Waals surface area contributed by atoms with Crippen molar-refractivity contribution >= 4 is 11.5 Å². The number of hydrogen-bond acceptors (Lipinski definition) is 9. The van der Waals surface area contributed by atoms with Crippen LogP contribution in [0.25, 0.3) is 0 Å². The molecule has 13 heteroatoms. The van der Waals surface area contributed by atoms with Gasteiger partial charge in [0.2, 0.25) is 11.8 Å². The molecule has 0 aliphatic rings. The number of aryl methyl sites for hydroxylation is 5. The predicted octanol–water partition coefficient (Wildman–Crippen LogP) is 1.07. The third-order valence-corrected chi connectivity index (χ3v) is 3.59. The van der Waals surface area contributed by atoms with Crippen LogP contribution in [0.4, 0.5) is 11.5 Å². The molecule has 0 bridgehead atoms. The van der Waals surface area contributed by atoms with Gasteiger partial charge in [-0.2, -0.15) is 9.78 Å². The van der Waals surface area contributed by atoms with E-state index in [1.54, 1.807) is 6.92 Å². The summed E-state index contributed by atoms with van der Waals surface area (Å²) < 4.78 is 8.43. The molecule has 0 radical (unpaired) electrons. The van der Waals surface area contributed by atoms with Crippen LogP contribution in [0, 0.1) is 27.2 Å². The Hall–Kier alpha value is -3.64. The molecule has 0 aromatic carbocycles. The van der Waals surface area contributed by atoms with E-state index in [0.29, 0.717) is 43.4 Å². The second kappa shape index (κ2) is 7.08. The van der Waals surface area contributed by atoms with E-state index in [4.69, 9.17) is 4.42 Å². The average Bonchev–Trinajstić information content (AvgIpc) is 3.31. The van der Waals surface area contributed by atoms with Crippen molar-refractivity contribution in [1.82, 2.24) is 29.8 Å². The monoisotopic (exact) mass is 362 g/mol. The Bertz CT molecular complexity index is 942. The Morgan fingerprint density at radius 2 is 1.81 bits per heavy atom.